The molecule has 0 aromatic rings. The first-order chi connectivity index (χ1) is 8.04. The maximum absolute atomic E-state index is 5.80. The molecule has 5 heteroatoms. The van der Waals surface area contributed by atoms with Crippen LogP contribution in [0.5, 0.6) is 0 Å². The van der Waals surface area contributed by atoms with Crippen LogP contribution in [0.2, 0.25) is 0 Å². The summed E-state index contributed by atoms with van der Waals surface area (Å²) in [5, 5.41) is 0. The molecule has 1 atom stereocenters. The number of rotatable bonds is 9. The zero-order chi connectivity index (χ0) is 13.3. The van der Waals surface area contributed by atoms with Gasteiger partial charge in [0.05, 0.1) is 6.61 Å². The molecule has 4 nitrogen and oxygen atoms in total. The van der Waals surface area contributed by atoms with Crippen molar-refractivity contribution in [3.05, 3.63) is 0 Å². The third kappa shape index (κ3) is 6.97. The standard InChI is InChI=1S/C12H27N2O2P/c1-7-9-15-17(16-10-13-8-2)14(11(3)4)12(5)6/h10-12H,7-9H2,1-6H3. The summed E-state index contributed by atoms with van der Waals surface area (Å²) < 4.78 is 13.7. The molecule has 102 valence electrons. The molecule has 0 spiro atoms. The van der Waals surface area contributed by atoms with E-state index in [-0.39, 0.29) is 0 Å². The highest BCUT2D eigenvalue weighted by Gasteiger charge is 2.27. The second kappa shape index (κ2) is 9.81. The van der Waals surface area contributed by atoms with Crippen molar-refractivity contribution in [2.45, 2.75) is 60.0 Å². The largest absolute Gasteiger partial charge is 0.425 e. The first kappa shape index (κ1) is 16.8. The van der Waals surface area contributed by atoms with Crippen molar-refractivity contribution < 1.29 is 9.05 Å². The Bertz CT molecular complexity index is 203. The predicted molar refractivity (Wildman–Crippen MR) is 75.4 cm³/mol. The quantitative estimate of drug-likeness (QED) is 0.360. The van der Waals surface area contributed by atoms with Crippen molar-refractivity contribution >= 4 is 14.9 Å². The topological polar surface area (TPSA) is 34.1 Å². The van der Waals surface area contributed by atoms with Gasteiger partial charge in [-0.25, -0.2) is 4.67 Å². The molecule has 0 rings (SSSR count). The number of nitrogens with zero attached hydrogens (tertiary/aromatic N) is 2. The number of hydrogen-bond donors (Lipinski definition) is 0. The van der Waals surface area contributed by atoms with E-state index in [0.29, 0.717) is 12.1 Å². The SMILES string of the molecule is CCCOP(OC=NCC)N(C(C)C)C(C)C. The Morgan fingerprint density at radius 3 is 2.18 bits per heavy atom. The first-order valence-electron chi connectivity index (χ1n) is 6.40. The lowest BCUT2D eigenvalue weighted by Crippen LogP contribution is -2.33. The van der Waals surface area contributed by atoms with Crippen molar-refractivity contribution in [1.29, 1.82) is 0 Å². The van der Waals surface area contributed by atoms with Gasteiger partial charge in [-0.3, -0.25) is 4.99 Å². The molecule has 0 aromatic carbocycles. The van der Waals surface area contributed by atoms with Gasteiger partial charge in [0.1, 0.15) is 0 Å². The summed E-state index contributed by atoms with van der Waals surface area (Å²) in [6, 6.07) is 0.793. The Balaban J connectivity index is 4.54. The van der Waals surface area contributed by atoms with Crippen LogP contribution in [0, 0.1) is 0 Å². The minimum atomic E-state index is -1.04. The molecule has 1 unspecified atom stereocenters. The van der Waals surface area contributed by atoms with Crippen LogP contribution < -0.4 is 0 Å². The van der Waals surface area contributed by atoms with Crippen LogP contribution in [0.15, 0.2) is 4.99 Å². The Morgan fingerprint density at radius 1 is 1.18 bits per heavy atom. The molecule has 0 fully saturated rings. The lowest BCUT2D eigenvalue weighted by Gasteiger charge is -2.34. The summed E-state index contributed by atoms with van der Waals surface area (Å²) in [6.07, 6.45) is 2.52. The van der Waals surface area contributed by atoms with Gasteiger partial charge in [0.2, 0.25) is 0 Å². The monoisotopic (exact) mass is 262 g/mol. The Hall–Kier alpha value is -0.180. The van der Waals surface area contributed by atoms with E-state index in [1.54, 1.807) is 0 Å². The summed E-state index contributed by atoms with van der Waals surface area (Å²) in [5.74, 6) is 0. The molecule has 0 aliphatic rings. The van der Waals surface area contributed by atoms with E-state index in [1.807, 2.05) is 6.92 Å². The van der Waals surface area contributed by atoms with E-state index in [9.17, 15) is 0 Å². The molecular weight excluding hydrogens is 235 g/mol. The van der Waals surface area contributed by atoms with Crippen LogP contribution in [0.3, 0.4) is 0 Å². The number of aliphatic imine (C=N–C) groups is 1. The zero-order valence-electron chi connectivity index (χ0n) is 12.0. The van der Waals surface area contributed by atoms with Crippen molar-refractivity contribution in [2.24, 2.45) is 4.99 Å². The Morgan fingerprint density at radius 2 is 1.76 bits per heavy atom. The average Bonchev–Trinajstić information content (AvgIpc) is 2.24. The molecule has 0 aliphatic carbocycles. The molecule has 0 aromatic heterocycles. The third-order valence-corrected chi connectivity index (χ3v) is 4.03. The highest BCUT2D eigenvalue weighted by molar-refractivity contribution is 7.45. The van der Waals surface area contributed by atoms with Gasteiger partial charge >= 0.3 is 8.53 Å². The first-order valence-corrected chi connectivity index (χ1v) is 7.53. The highest BCUT2D eigenvalue weighted by Crippen LogP contribution is 2.45. The molecule has 17 heavy (non-hydrogen) atoms. The van der Waals surface area contributed by atoms with Gasteiger partial charge in [0, 0.05) is 18.6 Å². The van der Waals surface area contributed by atoms with E-state index in [0.717, 1.165) is 19.6 Å². The second-order valence-corrected chi connectivity index (χ2v) is 5.75. The molecule has 0 saturated heterocycles. The fourth-order valence-corrected chi connectivity index (χ4v) is 2.99. The average molecular weight is 262 g/mol. The van der Waals surface area contributed by atoms with Crippen LogP contribution in [0.1, 0.15) is 48.0 Å². The molecule has 0 saturated carbocycles. The fraction of sp³-hybridized carbons (Fsp3) is 0.917. The van der Waals surface area contributed by atoms with Gasteiger partial charge in [-0.2, -0.15) is 0 Å². The maximum atomic E-state index is 5.80. The summed E-state index contributed by atoms with van der Waals surface area (Å²) in [5.41, 5.74) is 0. The van der Waals surface area contributed by atoms with Crippen LogP contribution in [-0.2, 0) is 9.05 Å². The molecule has 0 amide bonds. The predicted octanol–water partition coefficient (Wildman–Crippen LogP) is 3.82. The Labute approximate surface area is 107 Å². The molecule has 0 radical (unpaired) electrons. The second-order valence-electron chi connectivity index (χ2n) is 4.35. The molecule has 0 N–H and O–H groups in total. The summed E-state index contributed by atoms with van der Waals surface area (Å²) in [6.45, 7) is 14.2. The normalized spacial score (nSPS) is 14.2. The summed E-state index contributed by atoms with van der Waals surface area (Å²) in [7, 11) is -1.04. The van der Waals surface area contributed by atoms with Gasteiger partial charge in [-0.15, -0.1) is 0 Å². The zero-order valence-corrected chi connectivity index (χ0v) is 12.9. The van der Waals surface area contributed by atoms with Gasteiger partial charge in [0.25, 0.3) is 0 Å². The van der Waals surface area contributed by atoms with Gasteiger partial charge in [0.15, 0.2) is 6.40 Å². The highest BCUT2D eigenvalue weighted by atomic mass is 31.2. The van der Waals surface area contributed by atoms with E-state index < -0.39 is 8.53 Å². The van der Waals surface area contributed by atoms with E-state index in [4.69, 9.17) is 9.05 Å². The van der Waals surface area contributed by atoms with Gasteiger partial charge in [-0.1, -0.05) is 6.92 Å². The minimum Gasteiger partial charge on any atom is -0.425 e. The smallest absolute Gasteiger partial charge is 0.322 e. The molecule has 0 heterocycles. The molecule has 0 bridgehead atoms. The van der Waals surface area contributed by atoms with Crippen LogP contribution in [0.25, 0.3) is 0 Å². The van der Waals surface area contributed by atoms with E-state index in [2.05, 4.69) is 44.3 Å². The lowest BCUT2D eigenvalue weighted by molar-refractivity contribution is 0.216. The molecule has 0 aliphatic heterocycles. The van der Waals surface area contributed by atoms with Crippen LogP contribution >= 0.6 is 8.53 Å². The minimum absolute atomic E-state index is 0.396. The van der Waals surface area contributed by atoms with E-state index in [1.165, 1.54) is 6.40 Å². The van der Waals surface area contributed by atoms with Crippen molar-refractivity contribution in [2.75, 3.05) is 13.2 Å². The summed E-state index contributed by atoms with van der Waals surface area (Å²) >= 11 is 0. The Kier molecular flexibility index (Phi) is 9.71. The summed E-state index contributed by atoms with van der Waals surface area (Å²) in [4.78, 5) is 4.08. The lowest BCUT2D eigenvalue weighted by atomic mass is 10.3. The molecular formula is C12H27N2O2P. The van der Waals surface area contributed by atoms with Crippen molar-refractivity contribution in [1.82, 2.24) is 4.67 Å². The van der Waals surface area contributed by atoms with Gasteiger partial charge in [-0.05, 0) is 41.0 Å². The fourth-order valence-electron chi connectivity index (χ4n) is 1.44. The number of hydrogen-bond acceptors (Lipinski definition) is 4. The van der Waals surface area contributed by atoms with Crippen LogP contribution in [0.4, 0.5) is 0 Å². The van der Waals surface area contributed by atoms with Crippen molar-refractivity contribution in [3.63, 3.8) is 0 Å². The van der Waals surface area contributed by atoms with Gasteiger partial charge < -0.3 is 9.05 Å². The third-order valence-electron chi connectivity index (χ3n) is 2.05. The van der Waals surface area contributed by atoms with E-state index >= 15 is 0 Å². The van der Waals surface area contributed by atoms with Crippen LogP contribution in [-0.4, -0.2) is 36.3 Å². The maximum Gasteiger partial charge on any atom is 0.322 e. The van der Waals surface area contributed by atoms with Crippen molar-refractivity contribution in [3.8, 4) is 0 Å².